The normalized spacial score (nSPS) is 25.8. The van der Waals surface area contributed by atoms with Gasteiger partial charge in [-0.3, -0.25) is 43.4 Å². The number of carboxylic acid groups (broad SMARTS) is 1. The number of fused-ring (bicyclic) bond motifs is 4. The topological polar surface area (TPSA) is 385 Å². The monoisotopic (exact) mass is 1170 g/mol. The molecule has 4 unspecified atom stereocenters. The second-order valence-corrected chi connectivity index (χ2v) is 24.7. The average Bonchev–Trinajstić information content (AvgIpc) is 4.22. The largest absolute Gasteiger partial charge is 0.474 e. The first-order valence-corrected chi connectivity index (χ1v) is 30.0. The van der Waals surface area contributed by atoms with Gasteiger partial charge in [-0.05, 0) is 66.8 Å². The van der Waals surface area contributed by atoms with Gasteiger partial charge in [-0.1, -0.05) is 56.4 Å². The lowest BCUT2D eigenvalue weighted by molar-refractivity contribution is -0.131. The molecule has 10 N–H and O–H groups in total. The van der Waals surface area contributed by atoms with Crippen LogP contribution in [0.1, 0.15) is 61.3 Å². The number of aromatic nitrogens is 6. The van der Waals surface area contributed by atoms with Gasteiger partial charge in [0.2, 0.25) is 29.5 Å². The van der Waals surface area contributed by atoms with E-state index in [-0.39, 0.29) is 67.7 Å². The zero-order valence-electron chi connectivity index (χ0n) is 42.5. The maximum absolute atomic E-state index is 14.0. The fourth-order valence-electron chi connectivity index (χ4n) is 9.00. The minimum absolute atomic E-state index is 0.0621. The van der Waals surface area contributed by atoms with Crippen molar-refractivity contribution in [2.75, 3.05) is 36.9 Å². The van der Waals surface area contributed by atoms with Crippen molar-refractivity contribution in [3.8, 4) is 5.88 Å². The number of H-pyrrole nitrogens is 1. The Balaban J connectivity index is 0.916. The van der Waals surface area contributed by atoms with Crippen LogP contribution in [0.5, 0.6) is 5.88 Å². The van der Waals surface area contributed by atoms with Crippen LogP contribution in [0, 0.1) is 11.8 Å². The number of aliphatic hydroxyl groups is 1. The molecule has 1 aliphatic carbocycles. The first-order chi connectivity index (χ1) is 37.6. The van der Waals surface area contributed by atoms with Crippen LogP contribution in [0.3, 0.4) is 0 Å². The number of amides is 5. The lowest BCUT2D eigenvalue weighted by atomic mass is 10.0. The molecule has 3 fully saturated rings. The average molecular weight is 1170 g/mol. The third-order valence-corrected chi connectivity index (χ3v) is 16.2. The molecular weight excluding hydrogens is 1110 g/mol. The Hall–Kier alpha value is -6.27. The quantitative estimate of drug-likeness (QED) is 0.0472. The predicted octanol–water partition coefficient (Wildman–Crippen LogP) is 2.62. The Bertz CT molecular complexity index is 3200. The van der Waals surface area contributed by atoms with Gasteiger partial charge in [-0.2, -0.15) is 4.98 Å². The highest BCUT2D eigenvalue weighted by molar-refractivity contribution is 8.44. The van der Waals surface area contributed by atoms with Gasteiger partial charge in [0.25, 0.3) is 11.5 Å². The number of rotatable bonds is 17. The lowest BCUT2D eigenvalue weighted by Crippen LogP contribution is -2.54. The molecule has 3 aliphatic rings. The summed E-state index contributed by atoms with van der Waals surface area (Å²) in [4.78, 5) is 109. The molecule has 28 nitrogen and oxygen atoms in total. The molecule has 8 rings (SSSR count). The van der Waals surface area contributed by atoms with Gasteiger partial charge in [0, 0.05) is 48.9 Å². The summed E-state index contributed by atoms with van der Waals surface area (Å²) in [5.41, 5.74) is 5.69. The Morgan fingerprint density at radius 2 is 1.75 bits per heavy atom. The number of nitrogens with two attached hydrogens (primary N) is 1. The van der Waals surface area contributed by atoms with E-state index in [0.717, 1.165) is 11.2 Å². The number of carbonyl (C=O) groups is 5. The zero-order valence-corrected chi connectivity index (χ0v) is 46.0. The molecule has 11 atom stereocenters. The summed E-state index contributed by atoms with van der Waals surface area (Å²) in [5, 5.41) is 32.2. The number of hydrogen-bond donors (Lipinski definition) is 10. The molecule has 1 saturated carbocycles. The first-order valence-electron chi connectivity index (χ1n) is 24.7. The lowest BCUT2D eigenvalue weighted by Gasteiger charge is -2.27. The molecule has 79 heavy (non-hydrogen) atoms. The Morgan fingerprint density at radius 3 is 2.46 bits per heavy atom. The molecular formula is C47H58N12O16P2S2. The van der Waals surface area contributed by atoms with Crippen LogP contribution >= 0.6 is 25.8 Å². The van der Waals surface area contributed by atoms with Crippen molar-refractivity contribution in [3.05, 3.63) is 100 Å². The molecule has 5 amide bonds. The number of thiol groups is 1. The number of nitrogens with one attached hydrogen (secondary N) is 5. The van der Waals surface area contributed by atoms with Crippen molar-refractivity contribution in [2.24, 2.45) is 17.6 Å². The van der Waals surface area contributed by atoms with Crippen molar-refractivity contribution < 1.29 is 71.2 Å². The number of aliphatic hydroxyl groups excluding tert-OH is 1. The Morgan fingerprint density at radius 1 is 0.987 bits per heavy atom. The summed E-state index contributed by atoms with van der Waals surface area (Å²) in [6.07, 6.45) is -3.88. The van der Waals surface area contributed by atoms with E-state index in [4.69, 9.17) is 45.1 Å². The van der Waals surface area contributed by atoms with Crippen molar-refractivity contribution in [3.63, 3.8) is 0 Å². The van der Waals surface area contributed by atoms with Crippen LogP contribution in [0.2, 0.25) is 0 Å². The van der Waals surface area contributed by atoms with Crippen molar-refractivity contribution in [2.45, 2.75) is 95.4 Å². The van der Waals surface area contributed by atoms with Crippen molar-refractivity contribution in [1.82, 2.24) is 45.0 Å². The maximum Gasteiger partial charge on any atom is 0.407 e. The smallest absolute Gasteiger partial charge is 0.407 e. The summed E-state index contributed by atoms with van der Waals surface area (Å²) < 4.78 is 50.5. The molecule has 5 heterocycles. The molecule has 5 aromatic rings. The van der Waals surface area contributed by atoms with Gasteiger partial charge in [0.05, 0.1) is 32.2 Å². The third kappa shape index (κ3) is 15.0. The van der Waals surface area contributed by atoms with Gasteiger partial charge >= 0.3 is 19.6 Å². The molecule has 2 bridgehead atoms. The number of hydrogen-bond acceptors (Lipinski definition) is 20. The summed E-state index contributed by atoms with van der Waals surface area (Å²) >= 11 is 9.59. The van der Waals surface area contributed by atoms with Crippen molar-refractivity contribution in [1.29, 1.82) is 0 Å². The minimum Gasteiger partial charge on any atom is -0.474 e. The van der Waals surface area contributed by atoms with Gasteiger partial charge in [-0.15, -0.1) is 0 Å². The number of imidazole rings is 1. The van der Waals surface area contributed by atoms with Crippen LogP contribution in [0.15, 0.2) is 78.2 Å². The number of aromatic amines is 1. The highest BCUT2D eigenvalue weighted by Gasteiger charge is 2.51. The number of ether oxygens (including phenoxy) is 2. The summed E-state index contributed by atoms with van der Waals surface area (Å²) in [5.74, 6) is -3.22. The molecule has 424 valence electrons. The van der Waals surface area contributed by atoms with Gasteiger partial charge in [0.1, 0.15) is 42.8 Å². The highest BCUT2D eigenvalue weighted by Crippen LogP contribution is 2.58. The van der Waals surface area contributed by atoms with Crippen LogP contribution in [0.4, 0.5) is 16.4 Å². The van der Waals surface area contributed by atoms with E-state index in [9.17, 15) is 48.4 Å². The van der Waals surface area contributed by atoms with E-state index in [1.54, 1.807) is 62.4 Å². The number of benzene rings is 2. The molecule has 2 aliphatic heterocycles. The first kappa shape index (κ1) is 58.9. The fraction of sp³-hybridized carbons (Fsp3) is 0.447. The van der Waals surface area contributed by atoms with Gasteiger partial charge in [-0.25, -0.2) is 24.3 Å². The molecule has 0 spiro atoms. The molecule has 2 saturated heterocycles. The van der Waals surface area contributed by atoms with E-state index in [1.807, 2.05) is 0 Å². The Labute approximate surface area is 460 Å². The second-order valence-electron chi connectivity index (χ2n) is 19.0. The Kier molecular flexibility index (Phi) is 19.0. The van der Waals surface area contributed by atoms with Gasteiger partial charge < -0.3 is 64.7 Å². The third-order valence-electron chi connectivity index (χ3n) is 13.0. The second kappa shape index (κ2) is 25.5. The van der Waals surface area contributed by atoms with Gasteiger partial charge in [0.15, 0.2) is 17.4 Å². The summed E-state index contributed by atoms with van der Waals surface area (Å²) in [6, 6.07) is 12.5. The standard InChI is InChI=1S/C47H58N12O16P2S2/c1-24(2)36(54-34(60)18-48)43(64)52-25(3)41(62)53-29-10-8-26(9-11-29)19-58(47(66)67)15-13-27-6-4-5-7-31(27)42(63)56-46-55-40-37(44(65)57-46)51-23-59(40)45-39-38(61)33(73-45)21-71-76(68,78)74-32-17-30(72-35-12-14-49-22-50-35)16-28(32)20-70-77(69,79)75-39/h4-12,14,22-25,28,30,32-33,36,38-39,45,61H,13,15-21,48H2,1-3H3,(H,52,64)(H,53,62)(H,54,60)(H,66,67)(H,68,78)(H,69,79)(H2,55,56,57,63,65)/t25?,28-,30-,32+,33-,36?,38-,39-,45-,76?,77?/m1/s1. The van der Waals surface area contributed by atoms with Crippen molar-refractivity contribution >= 4 is 90.1 Å². The summed E-state index contributed by atoms with van der Waals surface area (Å²) in [6.45, 7) is -4.69. The highest BCUT2D eigenvalue weighted by atomic mass is 32.7. The zero-order chi connectivity index (χ0) is 56.8. The number of carbonyl (C=O) groups excluding carboxylic acids is 4. The molecule has 2 aromatic carbocycles. The molecule has 32 heteroatoms. The van der Waals surface area contributed by atoms with E-state index in [2.05, 4.69) is 58.4 Å². The molecule has 3 aromatic heterocycles. The van der Waals surface area contributed by atoms with Crippen LogP contribution < -0.4 is 37.3 Å². The van der Waals surface area contributed by atoms with Crippen LogP contribution in [-0.2, 0) is 66.6 Å². The van der Waals surface area contributed by atoms with E-state index in [0.29, 0.717) is 29.1 Å². The minimum atomic E-state index is -4.37. The van der Waals surface area contributed by atoms with Crippen LogP contribution in [-0.4, -0.2) is 148 Å². The van der Waals surface area contributed by atoms with E-state index < -0.39 is 110 Å². The summed E-state index contributed by atoms with van der Waals surface area (Å²) in [7, 11) is 0. The molecule has 0 radical (unpaired) electrons. The number of anilines is 2. The van der Waals surface area contributed by atoms with Crippen LogP contribution in [0.25, 0.3) is 11.2 Å². The predicted molar refractivity (Wildman–Crippen MR) is 287 cm³/mol. The SMILES string of the molecule is CC(NC(=O)C(NC(=O)CN)C(C)C)C(=O)Nc1ccc(CN(CCc2ccccc2C(=O)Nc2nc3c(ncn3[C@@H]3O[C@@H]4COP(O)(=S)O[C@H]5C[C@H](Oc6ccncn6)C[C@@H]5COP(=O)(S)O[C@@H]3[C@@H]4O)c(=O)[nH]2)C(=O)O)cc1. The van der Waals surface area contributed by atoms with E-state index >= 15 is 0 Å². The number of nitrogens with zero attached hydrogens (tertiary/aromatic N) is 6. The fourth-order valence-corrected chi connectivity index (χ4v) is 12.0. The maximum atomic E-state index is 14.0. The van der Waals surface area contributed by atoms with E-state index in [1.165, 1.54) is 30.1 Å².